The van der Waals surface area contributed by atoms with Crippen LogP contribution in [0, 0.1) is 5.92 Å². The van der Waals surface area contributed by atoms with E-state index in [1.807, 2.05) is 11.1 Å². The molecule has 2 aliphatic heterocycles. The third kappa shape index (κ3) is 2.98. The molecule has 0 radical (unpaired) electrons. The van der Waals surface area contributed by atoms with Crippen LogP contribution in [0.25, 0.3) is 0 Å². The number of likely N-dealkylation sites (tertiary alicyclic amines) is 1. The Kier molecular flexibility index (Phi) is 4.25. The highest BCUT2D eigenvalue weighted by Gasteiger charge is 2.30. The van der Waals surface area contributed by atoms with Crippen molar-refractivity contribution in [3.63, 3.8) is 0 Å². The fraction of sp³-hybridized carbons (Fsp3) is 0.667. The molecular formula is C15H21N3O2. The van der Waals surface area contributed by atoms with Gasteiger partial charge in [-0.25, -0.2) is 0 Å². The maximum absolute atomic E-state index is 12.6. The average molecular weight is 275 g/mol. The van der Waals surface area contributed by atoms with Crippen molar-refractivity contribution >= 4 is 5.91 Å². The van der Waals surface area contributed by atoms with E-state index in [0.717, 1.165) is 57.7 Å². The number of aromatic nitrogens is 2. The van der Waals surface area contributed by atoms with E-state index in [4.69, 9.17) is 4.74 Å². The van der Waals surface area contributed by atoms with Crippen molar-refractivity contribution in [2.45, 2.75) is 31.6 Å². The zero-order chi connectivity index (χ0) is 13.8. The molecule has 108 valence electrons. The second-order valence-corrected chi connectivity index (χ2v) is 5.64. The van der Waals surface area contributed by atoms with Gasteiger partial charge >= 0.3 is 0 Å². The molecule has 0 saturated carbocycles. The number of piperidine rings is 1. The minimum absolute atomic E-state index is 0.157. The largest absolute Gasteiger partial charge is 0.381 e. The van der Waals surface area contributed by atoms with Crippen LogP contribution in [-0.4, -0.2) is 47.1 Å². The summed E-state index contributed by atoms with van der Waals surface area (Å²) in [6, 6.07) is 0. The third-order valence-electron chi connectivity index (χ3n) is 4.31. The van der Waals surface area contributed by atoms with Gasteiger partial charge in [-0.3, -0.25) is 14.8 Å². The van der Waals surface area contributed by atoms with Crippen LogP contribution in [0.3, 0.4) is 0 Å². The number of carbonyl (C=O) groups excluding carboxylic acids is 1. The first-order valence-electron chi connectivity index (χ1n) is 7.47. The quantitative estimate of drug-likeness (QED) is 0.823. The van der Waals surface area contributed by atoms with Gasteiger partial charge in [0, 0.05) is 56.7 Å². The second-order valence-electron chi connectivity index (χ2n) is 5.64. The first kappa shape index (κ1) is 13.5. The zero-order valence-electron chi connectivity index (χ0n) is 11.7. The zero-order valence-corrected chi connectivity index (χ0v) is 11.7. The van der Waals surface area contributed by atoms with Gasteiger partial charge in [-0.2, -0.15) is 0 Å². The molecular weight excluding hydrogens is 254 g/mol. The number of nitrogens with zero attached hydrogens (tertiary/aromatic N) is 3. The average Bonchev–Trinajstić information content (AvgIpc) is 2.56. The summed E-state index contributed by atoms with van der Waals surface area (Å²) < 4.78 is 5.34. The van der Waals surface area contributed by atoms with Gasteiger partial charge in [0.15, 0.2) is 0 Å². The van der Waals surface area contributed by atoms with Gasteiger partial charge in [0.05, 0.1) is 5.69 Å². The van der Waals surface area contributed by atoms with Crippen LogP contribution in [0.2, 0.25) is 0 Å². The molecule has 0 N–H and O–H groups in total. The number of hydrogen-bond donors (Lipinski definition) is 0. The number of rotatable bonds is 2. The van der Waals surface area contributed by atoms with Crippen molar-refractivity contribution in [1.82, 2.24) is 14.9 Å². The van der Waals surface area contributed by atoms with E-state index in [9.17, 15) is 4.79 Å². The summed E-state index contributed by atoms with van der Waals surface area (Å²) in [7, 11) is 0. The molecule has 2 fully saturated rings. The summed E-state index contributed by atoms with van der Waals surface area (Å²) >= 11 is 0. The number of ether oxygens (including phenoxy) is 1. The molecule has 1 atom stereocenters. The van der Waals surface area contributed by atoms with Crippen molar-refractivity contribution in [3.05, 3.63) is 24.3 Å². The third-order valence-corrected chi connectivity index (χ3v) is 4.31. The number of carbonyl (C=O) groups is 1. The molecule has 2 aliphatic rings. The van der Waals surface area contributed by atoms with Gasteiger partial charge < -0.3 is 9.64 Å². The molecule has 3 rings (SSSR count). The second kappa shape index (κ2) is 6.31. The van der Waals surface area contributed by atoms with E-state index < -0.39 is 0 Å². The van der Waals surface area contributed by atoms with Crippen LogP contribution in [0.5, 0.6) is 0 Å². The monoisotopic (exact) mass is 275 g/mol. The van der Waals surface area contributed by atoms with Crippen LogP contribution >= 0.6 is 0 Å². The van der Waals surface area contributed by atoms with Crippen molar-refractivity contribution in [2.75, 3.05) is 26.3 Å². The van der Waals surface area contributed by atoms with Crippen LogP contribution in [-0.2, 0) is 9.53 Å². The van der Waals surface area contributed by atoms with Crippen LogP contribution in [0.4, 0.5) is 0 Å². The summed E-state index contributed by atoms with van der Waals surface area (Å²) in [6.45, 7) is 3.11. The van der Waals surface area contributed by atoms with Gasteiger partial charge in [-0.1, -0.05) is 0 Å². The van der Waals surface area contributed by atoms with E-state index in [1.54, 1.807) is 12.4 Å². The van der Waals surface area contributed by atoms with Gasteiger partial charge in [0.2, 0.25) is 5.91 Å². The molecule has 1 unspecified atom stereocenters. The maximum atomic E-state index is 12.6. The van der Waals surface area contributed by atoms with Crippen LogP contribution in [0.1, 0.15) is 37.3 Å². The summed E-state index contributed by atoms with van der Waals surface area (Å²) in [4.78, 5) is 23.1. The fourth-order valence-electron chi connectivity index (χ4n) is 3.14. The SMILES string of the molecule is O=C(C1CCOCC1)N1CCCC(c2cnccn2)C1. The summed E-state index contributed by atoms with van der Waals surface area (Å²) in [5, 5.41) is 0. The molecule has 1 aromatic rings. The Bertz CT molecular complexity index is 446. The summed E-state index contributed by atoms with van der Waals surface area (Å²) in [5.74, 6) is 0.799. The minimum Gasteiger partial charge on any atom is -0.381 e. The molecule has 0 aliphatic carbocycles. The standard InChI is InChI=1S/C15H21N3O2/c19-15(12-3-8-20-9-4-12)18-7-1-2-13(11-18)14-10-16-5-6-17-14/h5-6,10,12-13H,1-4,7-9,11H2. The lowest BCUT2D eigenvalue weighted by Crippen LogP contribution is -2.43. The summed E-state index contributed by atoms with van der Waals surface area (Å²) in [5.41, 5.74) is 1.01. The lowest BCUT2D eigenvalue weighted by Gasteiger charge is -2.35. The molecule has 0 spiro atoms. The first-order valence-corrected chi connectivity index (χ1v) is 7.47. The molecule has 3 heterocycles. The Morgan fingerprint density at radius 2 is 2.10 bits per heavy atom. The molecule has 0 bridgehead atoms. The van der Waals surface area contributed by atoms with E-state index in [0.29, 0.717) is 11.8 Å². The number of hydrogen-bond acceptors (Lipinski definition) is 4. The molecule has 0 aromatic carbocycles. The highest BCUT2D eigenvalue weighted by atomic mass is 16.5. The van der Waals surface area contributed by atoms with Gasteiger partial charge in [0.1, 0.15) is 0 Å². The van der Waals surface area contributed by atoms with Gasteiger partial charge in [-0.15, -0.1) is 0 Å². The predicted molar refractivity (Wildman–Crippen MR) is 74.1 cm³/mol. The molecule has 5 nitrogen and oxygen atoms in total. The topological polar surface area (TPSA) is 55.3 Å². The highest BCUT2D eigenvalue weighted by molar-refractivity contribution is 5.79. The van der Waals surface area contributed by atoms with E-state index in [1.165, 1.54) is 0 Å². The Morgan fingerprint density at radius 3 is 2.85 bits per heavy atom. The normalized spacial score (nSPS) is 24.6. The lowest BCUT2D eigenvalue weighted by molar-refractivity contribution is -0.139. The Morgan fingerprint density at radius 1 is 1.25 bits per heavy atom. The number of amides is 1. The lowest BCUT2D eigenvalue weighted by atomic mass is 9.92. The predicted octanol–water partition coefficient (Wildman–Crippen LogP) is 1.61. The molecule has 20 heavy (non-hydrogen) atoms. The molecule has 5 heteroatoms. The maximum Gasteiger partial charge on any atom is 0.225 e. The van der Waals surface area contributed by atoms with E-state index >= 15 is 0 Å². The van der Waals surface area contributed by atoms with Gasteiger partial charge in [0.25, 0.3) is 0 Å². The Balaban J connectivity index is 1.64. The highest BCUT2D eigenvalue weighted by Crippen LogP contribution is 2.27. The molecule has 2 saturated heterocycles. The Hall–Kier alpha value is -1.49. The van der Waals surface area contributed by atoms with Crippen molar-refractivity contribution in [3.8, 4) is 0 Å². The molecule has 1 amide bonds. The van der Waals surface area contributed by atoms with Crippen molar-refractivity contribution in [2.24, 2.45) is 5.92 Å². The van der Waals surface area contributed by atoms with Crippen molar-refractivity contribution < 1.29 is 9.53 Å². The van der Waals surface area contributed by atoms with Crippen LogP contribution in [0.15, 0.2) is 18.6 Å². The van der Waals surface area contributed by atoms with E-state index in [2.05, 4.69) is 9.97 Å². The summed E-state index contributed by atoms with van der Waals surface area (Å²) in [6.07, 6.45) is 9.13. The molecule has 1 aromatic heterocycles. The smallest absolute Gasteiger partial charge is 0.225 e. The first-order chi connectivity index (χ1) is 9.84. The van der Waals surface area contributed by atoms with Crippen molar-refractivity contribution in [1.29, 1.82) is 0 Å². The Labute approximate surface area is 119 Å². The van der Waals surface area contributed by atoms with E-state index in [-0.39, 0.29) is 5.92 Å². The van der Waals surface area contributed by atoms with Crippen LogP contribution < -0.4 is 0 Å². The minimum atomic E-state index is 0.157. The van der Waals surface area contributed by atoms with Gasteiger partial charge in [-0.05, 0) is 25.7 Å². The fourth-order valence-corrected chi connectivity index (χ4v) is 3.14.